The second kappa shape index (κ2) is 3.20. The zero-order valence-corrected chi connectivity index (χ0v) is 7.29. The average molecular weight is 210 g/mol. The van der Waals surface area contributed by atoms with Gasteiger partial charge in [-0.1, -0.05) is 11.6 Å². The summed E-state index contributed by atoms with van der Waals surface area (Å²) >= 11 is 11.1. The van der Waals surface area contributed by atoms with Crippen LogP contribution in [0.1, 0.15) is 0 Å². The molecular weight excluding hydrogens is 205 g/mol. The molecule has 0 aromatic rings. The van der Waals surface area contributed by atoms with Crippen LogP contribution in [0.3, 0.4) is 0 Å². The van der Waals surface area contributed by atoms with Gasteiger partial charge in [0.2, 0.25) is 0 Å². The van der Waals surface area contributed by atoms with Gasteiger partial charge in [0.1, 0.15) is 11.2 Å². The van der Waals surface area contributed by atoms with Gasteiger partial charge in [-0.15, -0.1) is 0 Å². The summed E-state index contributed by atoms with van der Waals surface area (Å²) in [6, 6.07) is 0. The first-order valence-electron chi connectivity index (χ1n) is 2.94. The molecule has 0 aromatic heterocycles. The number of nitro groups is 1. The standard InChI is InChI=1S/C5H5Cl2N3O2/c6-5-1-3(8)4(10(11)12)2-9(5)7/h1-2,5H,8H2. The van der Waals surface area contributed by atoms with E-state index in [0.717, 1.165) is 10.6 Å². The molecule has 7 heteroatoms. The lowest BCUT2D eigenvalue weighted by Crippen LogP contribution is -2.24. The minimum Gasteiger partial charge on any atom is -0.393 e. The van der Waals surface area contributed by atoms with Gasteiger partial charge in [0.15, 0.2) is 0 Å². The van der Waals surface area contributed by atoms with Crippen LogP contribution in [0.2, 0.25) is 0 Å². The van der Waals surface area contributed by atoms with Gasteiger partial charge in [0, 0.05) is 11.8 Å². The average Bonchev–Trinajstić information content (AvgIpc) is 1.96. The van der Waals surface area contributed by atoms with Gasteiger partial charge in [-0.05, 0) is 6.08 Å². The maximum Gasteiger partial charge on any atom is 0.308 e. The van der Waals surface area contributed by atoms with E-state index < -0.39 is 10.4 Å². The summed E-state index contributed by atoms with van der Waals surface area (Å²) in [5.74, 6) is 0. The van der Waals surface area contributed by atoms with Crippen molar-refractivity contribution in [1.29, 1.82) is 0 Å². The SMILES string of the molecule is NC1=CC(Cl)N(Cl)C=C1[N+](=O)[O-]. The quantitative estimate of drug-likeness (QED) is 0.230. The molecular formula is C5H5Cl2N3O2. The lowest BCUT2D eigenvalue weighted by atomic mass is 10.3. The highest BCUT2D eigenvalue weighted by molar-refractivity contribution is 6.26. The summed E-state index contributed by atoms with van der Waals surface area (Å²) in [4.78, 5) is 9.68. The lowest BCUT2D eigenvalue weighted by molar-refractivity contribution is -0.422. The van der Waals surface area contributed by atoms with Crippen molar-refractivity contribution in [3.8, 4) is 0 Å². The van der Waals surface area contributed by atoms with Gasteiger partial charge in [-0.25, -0.2) is 0 Å². The van der Waals surface area contributed by atoms with Crippen LogP contribution in [-0.4, -0.2) is 14.8 Å². The Morgan fingerprint density at radius 1 is 1.75 bits per heavy atom. The van der Waals surface area contributed by atoms with E-state index in [1.165, 1.54) is 6.08 Å². The molecule has 66 valence electrons. The maximum atomic E-state index is 10.3. The number of nitrogens with zero attached hydrogens (tertiary/aromatic N) is 2. The van der Waals surface area contributed by atoms with Crippen molar-refractivity contribution >= 4 is 23.4 Å². The summed E-state index contributed by atoms with van der Waals surface area (Å²) in [5.41, 5.74) is 4.45. The van der Waals surface area contributed by atoms with Crippen molar-refractivity contribution in [3.63, 3.8) is 0 Å². The highest BCUT2D eigenvalue weighted by atomic mass is 35.5. The molecule has 12 heavy (non-hydrogen) atoms. The molecule has 0 aliphatic carbocycles. The van der Waals surface area contributed by atoms with Crippen LogP contribution in [-0.2, 0) is 0 Å². The topological polar surface area (TPSA) is 72.4 Å². The number of hydrogen-bond donors (Lipinski definition) is 1. The van der Waals surface area contributed by atoms with Crippen molar-refractivity contribution in [2.24, 2.45) is 5.73 Å². The van der Waals surface area contributed by atoms with E-state index in [0.29, 0.717) is 0 Å². The van der Waals surface area contributed by atoms with Crippen LogP contribution in [0.15, 0.2) is 23.7 Å². The molecule has 0 spiro atoms. The second-order valence-electron chi connectivity index (χ2n) is 2.11. The van der Waals surface area contributed by atoms with E-state index >= 15 is 0 Å². The molecule has 2 N–H and O–H groups in total. The fourth-order valence-corrected chi connectivity index (χ4v) is 1.06. The Bertz CT molecular complexity index is 276. The number of halogens is 2. The Morgan fingerprint density at radius 3 is 2.83 bits per heavy atom. The third-order valence-electron chi connectivity index (χ3n) is 1.29. The van der Waals surface area contributed by atoms with Gasteiger partial charge >= 0.3 is 5.70 Å². The molecule has 0 bridgehead atoms. The van der Waals surface area contributed by atoms with Crippen LogP contribution >= 0.6 is 23.4 Å². The maximum absolute atomic E-state index is 10.3. The first-order valence-corrected chi connectivity index (χ1v) is 3.72. The van der Waals surface area contributed by atoms with Gasteiger partial charge in [0.25, 0.3) is 0 Å². The first kappa shape index (κ1) is 9.15. The molecule has 5 nitrogen and oxygen atoms in total. The predicted molar refractivity (Wildman–Crippen MR) is 44.7 cm³/mol. The molecule has 1 heterocycles. The second-order valence-corrected chi connectivity index (χ2v) is 2.95. The Balaban J connectivity index is 2.96. The van der Waals surface area contributed by atoms with Gasteiger partial charge in [-0.2, -0.15) is 0 Å². The molecule has 1 aliphatic heterocycles. The predicted octanol–water partition coefficient (Wildman–Crippen LogP) is 0.981. The van der Waals surface area contributed by atoms with Crippen LogP contribution in [0.25, 0.3) is 0 Å². The summed E-state index contributed by atoms with van der Waals surface area (Å²) in [7, 11) is 0. The van der Waals surface area contributed by atoms with Crippen LogP contribution in [0.5, 0.6) is 0 Å². The Morgan fingerprint density at radius 2 is 2.33 bits per heavy atom. The molecule has 0 aromatic carbocycles. The lowest BCUT2D eigenvalue weighted by Gasteiger charge is -2.18. The number of rotatable bonds is 1. The van der Waals surface area contributed by atoms with E-state index in [1.807, 2.05) is 0 Å². The number of nitrogens with two attached hydrogens (primary N) is 1. The molecule has 0 fully saturated rings. The third-order valence-corrected chi connectivity index (χ3v) is 2.03. The van der Waals surface area contributed by atoms with E-state index in [4.69, 9.17) is 29.1 Å². The molecule has 0 amide bonds. The molecule has 1 aliphatic rings. The van der Waals surface area contributed by atoms with E-state index in [2.05, 4.69) is 0 Å². The van der Waals surface area contributed by atoms with E-state index in [9.17, 15) is 10.1 Å². The molecule has 0 saturated heterocycles. The monoisotopic (exact) mass is 209 g/mol. The zero-order chi connectivity index (χ0) is 9.30. The zero-order valence-electron chi connectivity index (χ0n) is 5.78. The van der Waals surface area contributed by atoms with Crippen molar-refractivity contribution in [2.45, 2.75) is 5.50 Å². The van der Waals surface area contributed by atoms with Crippen LogP contribution in [0.4, 0.5) is 0 Å². The fraction of sp³-hybridized carbons (Fsp3) is 0.200. The van der Waals surface area contributed by atoms with Gasteiger partial charge < -0.3 is 5.73 Å². The highest BCUT2D eigenvalue weighted by Crippen LogP contribution is 2.21. The van der Waals surface area contributed by atoms with Gasteiger partial charge in [0.05, 0.1) is 11.1 Å². The van der Waals surface area contributed by atoms with E-state index in [-0.39, 0.29) is 11.4 Å². The van der Waals surface area contributed by atoms with Crippen LogP contribution < -0.4 is 5.73 Å². The van der Waals surface area contributed by atoms with Crippen LogP contribution in [0, 0.1) is 10.1 Å². The Hall–Kier alpha value is -0.940. The normalized spacial score (nSPS) is 23.2. The molecule has 1 unspecified atom stereocenters. The smallest absolute Gasteiger partial charge is 0.308 e. The summed E-state index contributed by atoms with van der Waals surface area (Å²) < 4.78 is 0.982. The molecule has 0 radical (unpaired) electrons. The fourth-order valence-electron chi connectivity index (χ4n) is 0.720. The Labute approximate surface area is 78.3 Å². The minimum atomic E-state index is -0.643. The van der Waals surface area contributed by atoms with Gasteiger partial charge in [-0.3, -0.25) is 14.5 Å². The summed E-state index contributed by atoms with van der Waals surface area (Å²) in [6.07, 6.45) is 2.38. The highest BCUT2D eigenvalue weighted by Gasteiger charge is 2.24. The largest absolute Gasteiger partial charge is 0.393 e. The van der Waals surface area contributed by atoms with Crippen molar-refractivity contribution in [1.82, 2.24) is 4.42 Å². The number of hydrogen-bond acceptors (Lipinski definition) is 4. The molecule has 0 saturated carbocycles. The number of alkyl halides is 1. The van der Waals surface area contributed by atoms with E-state index in [1.54, 1.807) is 0 Å². The van der Waals surface area contributed by atoms with Crippen molar-refractivity contribution < 1.29 is 4.92 Å². The van der Waals surface area contributed by atoms with Crippen molar-refractivity contribution in [2.75, 3.05) is 0 Å². The minimum absolute atomic E-state index is 0.0249. The third kappa shape index (κ3) is 1.62. The Kier molecular flexibility index (Phi) is 2.44. The van der Waals surface area contributed by atoms with Crippen molar-refractivity contribution in [3.05, 3.63) is 33.8 Å². The summed E-state index contributed by atoms with van der Waals surface area (Å²) in [5, 5.41) is 10.3. The molecule has 1 atom stereocenters. The first-order chi connectivity index (χ1) is 5.52. The molecule has 1 rings (SSSR count). The summed E-state index contributed by atoms with van der Waals surface area (Å²) in [6.45, 7) is 0.